The summed E-state index contributed by atoms with van der Waals surface area (Å²) < 4.78 is 11.1. The first-order valence-electron chi connectivity index (χ1n) is 9.58. The third-order valence-electron chi connectivity index (χ3n) is 5.53. The Kier molecular flexibility index (Phi) is 5.41. The minimum Gasteiger partial charge on any atom is -0.497 e. The lowest BCUT2D eigenvalue weighted by Crippen LogP contribution is -2.57. The van der Waals surface area contributed by atoms with Gasteiger partial charge < -0.3 is 14.8 Å². The summed E-state index contributed by atoms with van der Waals surface area (Å²) in [5.41, 5.74) is 2.32. The molecule has 1 N–H and O–H groups in total. The van der Waals surface area contributed by atoms with Gasteiger partial charge in [0, 0.05) is 19.7 Å². The second kappa shape index (κ2) is 8.11. The topological polar surface area (TPSA) is 50.8 Å². The number of rotatable bonds is 6. The van der Waals surface area contributed by atoms with Crippen LogP contribution < -0.4 is 10.1 Å². The van der Waals surface area contributed by atoms with E-state index < -0.39 is 0 Å². The molecule has 2 aliphatic rings. The molecule has 0 radical (unpaired) electrons. The van der Waals surface area contributed by atoms with Crippen molar-refractivity contribution in [1.29, 1.82) is 0 Å². The van der Waals surface area contributed by atoms with Crippen LogP contribution >= 0.6 is 0 Å². The second-order valence-corrected chi connectivity index (χ2v) is 7.23. The molecule has 27 heavy (non-hydrogen) atoms. The molecule has 2 heterocycles. The molecule has 0 saturated carbocycles. The maximum atomic E-state index is 12.8. The molecule has 0 aliphatic carbocycles. The van der Waals surface area contributed by atoms with Crippen molar-refractivity contribution < 1.29 is 14.3 Å². The zero-order valence-corrected chi connectivity index (χ0v) is 15.6. The van der Waals surface area contributed by atoms with Gasteiger partial charge in [-0.25, -0.2) is 0 Å². The molecule has 2 saturated heterocycles. The van der Waals surface area contributed by atoms with Gasteiger partial charge in [0.15, 0.2) is 0 Å². The van der Waals surface area contributed by atoms with Crippen molar-refractivity contribution in [3.63, 3.8) is 0 Å². The Labute approximate surface area is 160 Å². The summed E-state index contributed by atoms with van der Waals surface area (Å²) in [7, 11) is 1.67. The van der Waals surface area contributed by atoms with Crippen LogP contribution in [-0.4, -0.2) is 43.2 Å². The highest BCUT2D eigenvalue weighted by Crippen LogP contribution is 2.30. The summed E-state index contributed by atoms with van der Waals surface area (Å²) in [6, 6.07) is 18.2. The number of likely N-dealkylation sites (tertiary alicyclic amines) is 1. The Morgan fingerprint density at radius 1 is 1.15 bits per heavy atom. The normalized spacial score (nSPS) is 25.0. The number of ether oxygens (including phenoxy) is 2. The maximum Gasteiger partial charge on any atom is 0.237 e. The van der Waals surface area contributed by atoms with Crippen molar-refractivity contribution in [3.8, 4) is 5.75 Å². The molecule has 0 spiro atoms. The van der Waals surface area contributed by atoms with Gasteiger partial charge in [-0.05, 0) is 36.1 Å². The molecular formula is C22H26N2O3. The maximum absolute atomic E-state index is 12.8. The summed E-state index contributed by atoms with van der Waals surface area (Å²) in [6.07, 6.45) is 1.72. The van der Waals surface area contributed by atoms with Gasteiger partial charge in [-0.2, -0.15) is 0 Å². The first-order valence-corrected chi connectivity index (χ1v) is 9.58. The summed E-state index contributed by atoms with van der Waals surface area (Å²) in [5.74, 6) is 0.969. The second-order valence-electron chi connectivity index (χ2n) is 7.23. The van der Waals surface area contributed by atoms with E-state index in [9.17, 15) is 4.79 Å². The van der Waals surface area contributed by atoms with E-state index in [1.165, 1.54) is 5.56 Å². The first kappa shape index (κ1) is 18.0. The van der Waals surface area contributed by atoms with Gasteiger partial charge in [-0.3, -0.25) is 9.69 Å². The molecule has 5 heteroatoms. The number of amides is 1. The summed E-state index contributed by atoms with van der Waals surface area (Å²) in [4.78, 5) is 15.1. The fraction of sp³-hybridized carbons (Fsp3) is 0.409. The molecule has 3 atom stereocenters. The molecule has 2 fully saturated rings. The Morgan fingerprint density at radius 3 is 2.59 bits per heavy atom. The first-order chi connectivity index (χ1) is 13.2. The van der Waals surface area contributed by atoms with Crippen LogP contribution in [0.2, 0.25) is 0 Å². The molecule has 0 aromatic heterocycles. The van der Waals surface area contributed by atoms with Crippen molar-refractivity contribution in [3.05, 3.63) is 65.7 Å². The van der Waals surface area contributed by atoms with E-state index in [1.54, 1.807) is 7.11 Å². The van der Waals surface area contributed by atoms with E-state index in [1.807, 2.05) is 30.3 Å². The highest BCUT2D eigenvalue weighted by molar-refractivity contribution is 5.83. The minimum absolute atomic E-state index is 0.0448. The molecule has 2 aromatic carbocycles. The SMILES string of the molecule is COc1ccc(CN2CCC2C(=O)N[C@@H]2CCO[C@H]2c2ccccc2)cc1. The average Bonchev–Trinajstić information content (AvgIpc) is 3.14. The largest absolute Gasteiger partial charge is 0.497 e. The van der Waals surface area contributed by atoms with Gasteiger partial charge >= 0.3 is 0 Å². The number of carbonyl (C=O) groups is 1. The summed E-state index contributed by atoms with van der Waals surface area (Å²) in [6.45, 7) is 2.42. The monoisotopic (exact) mass is 366 g/mol. The molecule has 4 rings (SSSR count). The molecular weight excluding hydrogens is 340 g/mol. The predicted molar refractivity (Wildman–Crippen MR) is 103 cm³/mol. The molecule has 142 valence electrons. The van der Waals surface area contributed by atoms with Crippen molar-refractivity contribution in [2.75, 3.05) is 20.3 Å². The zero-order valence-electron chi connectivity index (χ0n) is 15.6. The van der Waals surface area contributed by atoms with Gasteiger partial charge in [0.05, 0.1) is 19.2 Å². The third kappa shape index (κ3) is 3.99. The molecule has 2 aromatic rings. The van der Waals surface area contributed by atoms with E-state index in [0.717, 1.165) is 37.2 Å². The lowest BCUT2D eigenvalue weighted by Gasteiger charge is -2.40. The zero-order chi connectivity index (χ0) is 18.6. The number of carbonyl (C=O) groups excluding carboxylic acids is 1. The van der Waals surface area contributed by atoms with Crippen LogP contribution in [0.3, 0.4) is 0 Å². The van der Waals surface area contributed by atoms with Crippen molar-refractivity contribution >= 4 is 5.91 Å². The Bertz CT molecular complexity index is 763. The van der Waals surface area contributed by atoms with Gasteiger partial charge in [0.1, 0.15) is 11.9 Å². The molecule has 1 amide bonds. The van der Waals surface area contributed by atoms with Crippen LogP contribution in [0.1, 0.15) is 30.1 Å². The highest BCUT2D eigenvalue weighted by atomic mass is 16.5. The molecule has 5 nitrogen and oxygen atoms in total. The van der Waals surface area contributed by atoms with Crippen LogP contribution in [0, 0.1) is 0 Å². The lowest BCUT2D eigenvalue weighted by atomic mass is 9.98. The van der Waals surface area contributed by atoms with E-state index in [2.05, 4.69) is 34.5 Å². The van der Waals surface area contributed by atoms with Crippen LogP contribution in [0.4, 0.5) is 0 Å². The lowest BCUT2D eigenvalue weighted by molar-refractivity contribution is -0.132. The number of hydrogen-bond donors (Lipinski definition) is 1. The number of nitrogens with one attached hydrogen (secondary N) is 1. The minimum atomic E-state index is -0.0517. The smallest absolute Gasteiger partial charge is 0.237 e. The van der Waals surface area contributed by atoms with E-state index in [0.29, 0.717) is 6.61 Å². The van der Waals surface area contributed by atoms with Gasteiger partial charge in [-0.15, -0.1) is 0 Å². The number of benzene rings is 2. The van der Waals surface area contributed by atoms with Gasteiger partial charge in [0.2, 0.25) is 5.91 Å². The fourth-order valence-electron chi connectivity index (χ4n) is 3.88. The molecule has 1 unspecified atom stereocenters. The fourth-order valence-corrected chi connectivity index (χ4v) is 3.88. The van der Waals surface area contributed by atoms with Crippen LogP contribution in [-0.2, 0) is 16.1 Å². The predicted octanol–water partition coefficient (Wildman–Crippen LogP) is 2.92. The Morgan fingerprint density at radius 2 is 1.93 bits per heavy atom. The van der Waals surface area contributed by atoms with E-state index in [-0.39, 0.29) is 24.1 Å². The van der Waals surface area contributed by atoms with Crippen LogP contribution in [0.25, 0.3) is 0 Å². The van der Waals surface area contributed by atoms with Crippen molar-refractivity contribution in [1.82, 2.24) is 10.2 Å². The van der Waals surface area contributed by atoms with Crippen LogP contribution in [0.15, 0.2) is 54.6 Å². The number of nitrogens with zero attached hydrogens (tertiary/aromatic N) is 1. The van der Waals surface area contributed by atoms with Gasteiger partial charge in [-0.1, -0.05) is 42.5 Å². The molecule has 2 aliphatic heterocycles. The highest BCUT2D eigenvalue weighted by Gasteiger charge is 2.37. The number of hydrogen-bond acceptors (Lipinski definition) is 4. The number of methoxy groups -OCH3 is 1. The Hall–Kier alpha value is -2.37. The summed E-state index contributed by atoms with van der Waals surface area (Å²) in [5, 5.41) is 3.24. The van der Waals surface area contributed by atoms with E-state index in [4.69, 9.17) is 9.47 Å². The summed E-state index contributed by atoms with van der Waals surface area (Å²) >= 11 is 0. The third-order valence-corrected chi connectivity index (χ3v) is 5.53. The van der Waals surface area contributed by atoms with Crippen molar-refractivity contribution in [2.24, 2.45) is 0 Å². The molecule has 0 bridgehead atoms. The van der Waals surface area contributed by atoms with Crippen molar-refractivity contribution in [2.45, 2.75) is 37.6 Å². The Balaban J connectivity index is 1.35. The van der Waals surface area contributed by atoms with E-state index >= 15 is 0 Å². The average molecular weight is 366 g/mol. The van der Waals surface area contributed by atoms with Crippen LogP contribution in [0.5, 0.6) is 5.75 Å². The quantitative estimate of drug-likeness (QED) is 0.854. The van der Waals surface area contributed by atoms with Gasteiger partial charge in [0.25, 0.3) is 0 Å². The standard InChI is InChI=1S/C22H26N2O3/c1-26-18-9-7-16(8-10-18)15-24-13-11-20(24)22(25)23-19-12-14-27-21(19)17-5-3-2-4-6-17/h2-10,19-21H,11-15H2,1H3,(H,23,25)/t19-,20?,21+/m1/s1.